The van der Waals surface area contributed by atoms with Crippen LogP contribution in [0.4, 0.5) is 4.39 Å². The lowest BCUT2D eigenvalue weighted by Crippen LogP contribution is -2.55. The quantitative estimate of drug-likeness (QED) is 0.325. The van der Waals surface area contributed by atoms with E-state index in [-0.39, 0.29) is 17.0 Å². The molecule has 3 nitrogen and oxygen atoms in total. The number of amides is 1. The van der Waals surface area contributed by atoms with Crippen molar-refractivity contribution in [2.24, 2.45) is 0 Å². The van der Waals surface area contributed by atoms with E-state index in [1.54, 1.807) is 24.3 Å². The van der Waals surface area contributed by atoms with Crippen molar-refractivity contribution in [3.8, 4) is 0 Å². The van der Waals surface area contributed by atoms with Gasteiger partial charge in [-0.1, -0.05) is 62.2 Å². The molecule has 1 aliphatic rings. The van der Waals surface area contributed by atoms with E-state index in [0.717, 1.165) is 17.7 Å². The molecule has 1 aliphatic heterocycles. The number of thioether (sulfide) groups is 1. The fourth-order valence-corrected chi connectivity index (χ4v) is 5.53. The smallest absolute Gasteiger partial charge is 0.252 e. The molecule has 2 aromatic rings. The minimum Gasteiger partial charge on any atom is -0.358 e. The number of halogens is 3. The molecule has 0 bridgehead atoms. The highest BCUT2D eigenvalue weighted by Gasteiger charge is 2.46. The molecule has 0 aliphatic carbocycles. The van der Waals surface area contributed by atoms with Crippen LogP contribution in [0.3, 0.4) is 0 Å². The maximum atomic E-state index is 14.4. The highest BCUT2D eigenvalue weighted by molar-refractivity contribution is 7.99. The van der Waals surface area contributed by atoms with Crippen LogP contribution in [0.5, 0.6) is 0 Å². The summed E-state index contributed by atoms with van der Waals surface area (Å²) < 4.78 is 20.7. The zero-order valence-electron chi connectivity index (χ0n) is 19.1. The van der Waals surface area contributed by atoms with Crippen LogP contribution >= 0.6 is 35.0 Å². The summed E-state index contributed by atoms with van der Waals surface area (Å²) in [4.78, 5) is 15.7. The number of hydrogen-bond donors (Lipinski definition) is 0. The van der Waals surface area contributed by atoms with Crippen LogP contribution in [0.25, 0.3) is 0 Å². The Labute approximate surface area is 210 Å². The second-order valence-corrected chi connectivity index (χ2v) is 10.9. The molecule has 0 radical (unpaired) electrons. The molecule has 178 valence electrons. The van der Waals surface area contributed by atoms with Crippen molar-refractivity contribution in [1.82, 2.24) is 4.90 Å². The summed E-state index contributed by atoms with van der Waals surface area (Å²) in [6.07, 6.45) is 1.54. The maximum Gasteiger partial charge on any atom is 0.252 e. The van der Waals surface area contributed by atoms with Crippen LogP contribution < -0.4 is 0 Å². The Morgan fingerprint density at radius 3 is 2.42 bits per heavy atom. The van der Waals surface area contributed by atoms with Crippen molar-refractivity contribution < 1.29 is 13.9 Å². The fourth-order valence-electron chi connectivity index (χ4n) is 4.17. The van der Waals surface area contributed by atoms with Crippen molar-refractivity contribution in [3.63, 3.8) is 0 Å². The lowest BCUT2D eigenvalue weighted by molar-refractivity contribution is -0.178. The number of hydrogen-bond acceptors (Lipinski definition) is 3. The number of carbonyl (C=O) groups is 1. The van der Waals surface area contributed by atoms with E-state index in [1.807, 2.05) is 28.8 Å². The molecule has 0 aromatic heterocycles. The van der Waals surface area contributed by atoms with Gasteiger partial charge in [-0.2, -0.15) is 11.8 Å². The van der Waals surface area contributed by atoms with Crippen LogP contribution in [0.15, 0.2) is 55.1 Å². The molecule has 7 heteroatoms. The third kappa shape index (κ3) is 6.33. The summed E-state index contributed by atoms with van der Waals surface area (Å²) in [5, 5.41) is 1.33. The van der Waals surface area contributed by atoms with E-state index in [4.69, 9.17) is 27.9 Å². The number of ether oxygens (including phenoxy) is 1. The number of nitrogens with zero attached hydrogens (tertiary/aromatic N) is 1. The van der Waals surface area contributed by atoms with Gasteiger partial charge in [-0.15, -0.1) is 6.58 Å². The second-order valence-electron chi connectivity index (χ2n) is 8.46. The number of rotatable bonds is 9. The van der Waals surface area contributed by atoms with Gasteiger partial charge in [0.15, 0.2) is 0 Å². The van der Waals surface area contributed by atoms with Gasteiger partial charge < -0.3 is 9.64 Å². The second kappa shape index (κ2) is 11.7. The SMILES string of the molecule is C=CCC1O[C@H](c2cc(F)cc(Cl)c2)[C@@H](c2ccc(Cl)cc2)N([C@@H](CC)CSC(C)C)C1=O. The molecule has 1 unspecified atom stereocenters. The third-order valence-corrected chi connectivity index (χ3v) is 7.43. The van der Waals surface area contributed by atoms with Gasteiger partial charge in [0.1, 0.15) is 18.0 Å². The van der Waals surface area contributed by atoms with Gasteiger partial charge in [0.2, 0.25) is 0 Å². The molecule has 0 N–H and O–H groups in total. The molecule has 1 amide bonds. The van der Waals surface area contributed by atoms with Gasteiger partial charge in [-0.05, 0) is 53.1 Å². The zero-order chi connectivity index (χ0) is 24.1. The van der Waals surface area contributed by atoms with Crippen molar-refractivity contribution in [2.45, 2.75) is 63.2 Å². The average Bonchev–Trinajstić information content (AvgIpc) is 2.76. The monoisotopic (exact) mass is 509 g/mol. The van der Waals surface area contributed by atoms with Gasteiger partial charge >= 0.3 is 0 Å². The first-order chi connectivity index (χ1) is 15.7. The Kier molecular flexibility index (Phi) is 9.28. The molecule has 0 saturated carbocycles. The Hall–Kier alpha value is -1.53. The Bertz CT molecular complexity index is 949. The van der Waals surface area contributed by atoms with E-state index in [0.29, 0.717) is 22.3 Å². The molecular weight excluding hydrogens is 480 g/mol. The van der Waals surface area contributed by atoms with Crippen LogP contribution in [-0.4, -0.2) is 34.0 Å². The minimum absolute atomic E-state index is 0.0201. The minimum atomic E-state index is -0.698. The molecule has 2 aromatic carbocycles. The number of benzene rings is 2. The summed E-state index contributed by atoms with van der Waals surface area (Å²) in [6, 6.07) is 11.3. The summed E-state index contributed by atoms with van der Waals surface area (Å²) in [5.41, 5.74) is 1.47. The van der Waals surface area contributed by atoms with Crippen LogP contribution in [0.2, 0.25) is 10.0 Å². The lowest BCUT2D eigenvalue weighted by atomic mass is 9.89. The van der Waals surface area contributed by atoms with Crippen molar-refractivity contribution in [2.75, 3.05) is 5.75 Å². The topological polar surface area (TPSA) is 29.5 Å². The largest absolute Gasteiger partial charge is 0.358 e. The predicted molar refractivity (Wildman–Crippen MR) is 137 cm³/mol. The van der Waals surface area contributed by atoms with Gasteiger partial charge in [0, 0.05) is 28.3 Å². The molecule has 1 saturated heterocycles. The van der Waals surface area contributed by atoms with Gasteiger partial charge in [0.25, 0.3) is 5.91 Å². The van der Waals surface area contributed by atoms with Gasteiger partial charge in [-0.3, -0.25) is 4.79 Å². The lowest BCUT2D eigenvalue weighted by Gasteiger charge is -2.48. The summed E-state index contributed by atoms with van der Waals surface area (Å²) >= 11 is 14.2. The maximum absolute atomic E-state index is 14.4. The number of carbonyl (C=O) groups excluding carboxylic acids is 1. The van der Waals surface area contributed by atoms with Gasteiger partial charge in [0.05, 0.1) is 6.04 Å². The van der Waals surface area contributed by atoms with Crippen LogP contribution in [0, 0.1) is 5.82 Å². The van der Waals surface area contributed by atoms with E-state index in [1.165, 1.54) is 12.1 Å². The third-order valence-electron chi connectivity index (χ3n) is 5.72. The van der Waals surface area contributed by atoms with Crippen molar-refractivity contribution in [3.05, 3.63) is 82.1 Å². The number of morpholine rings is 1. The summed E-state index contributed by atoms with van der Waals surface area (Å²) in [5.74, 6) is 0.272. The molecule has 1 heterocycles. The Morgan fingerprint density at radius 2 is 1.85 bits per heavy atom. The first kappa shape index (κ1) is 26.1. The summed E-state index contributed by atoms with van der Waals surface area (Å²) in [7, 11) is 0. The first-order valence-corrected chi connectivity index (χ1v) is 13.0. The van der Waals surface area contributed by atoms with E-state index >= 15 is 0 Å². The highest BCUT2D eigenvalue weighted by Crippen LogP contribution is 2.45. The highest BCUT2D eigenvalue weighted by atomic mass is 35.5. The van der Waals surface area contributed by atoms with Crippen molar-refractivity contribution in [1.29, 1.82) is 0 Å². The Morgan fingerprint density at radius 1 is 1.15 bits per heavy atom. The standard InChI is InChI=1S/C26H30Cl2FNO2S/c1-5-7-23-26(31)30(22(6-2)15-33-16(3)4)24(17-8-10-19(27)11-9-17)25(32-23)18-12-20(28)14-21(29)13-18/h5,8-14,16,22-25H,1,6-7,15H2,2-4H3/t22-,23?,24+,25+/m0/s1. The van der Waals surface area contributed by atoms with E-state index in [9.17, 15) is 9.18 Å². The van der Waals surface area contributed by atoms with E-state index < -0.39 is 24.1 Å². The molecular formula is C26H30Cl2FNO2S. The molecule has 0 spiro atoms. The average molecular weight is 511 g/mol. The normalized spacial score (nSPS) is 22.0. The molecule has 4 atom stereocenters. The molecule has 1 fully saturated rings. The first-order valence-electron chi connectivity index (χ1n) is 11.2. The van der Waals surface area contributed by atoms with Crippen molar-refractivity contribution >= 4 is 40.9 Å². The molecule has 3 rings (SSSR count). The Balaban J connectivity index is 2.16. The van der Waals surface area contributed by atoms with Crippen LogP contribution in [-0.2, 0) is 9.53 Å². The summed E-state index contributed by atoms with van der Waals surface area (Å²) in [6.45, 7) is 10.2. The van der Waals surface area contributed by atoms with E-state index in [2.05, 4.69) is 27.4 Å². The van der Waals surface area contributed by atoms with Crippen LogP contribution in [0.1, 0.15) is 56.9 Å². The predicted octanol–water partition coefficient (Wildman–Crippen LogP) is 7.64. The molecule has 33 heavy (non-hydrogen) atoms. The fraction of sp³-hybridized carbons (Fsp3) is 0.423. The van der Waals surface area contributed by atoms with Gasteiger partial charge in [-0.25, -0.2) is 4.39 Å². The zero-order valence-corrected chi connectivity index (χ0v) is 21.5.